The Morgan fingerprint density at radius 1 is 1.21 bits per heavy atom. The average Bonchev–Trinajstić information content (AvgIpc) is 2.96. The number of aromatic amines is 1. The maximum Gasteiger partial charge on any atom is 0.414 e. The molecular formula is C17H19N5O2. The fourth-order valence-electron chi connectivity index (χ4n) is 2.25. The molecule has 3 rings (SSSR count). The summed E-state index contributed by atoms with van der Waals surface area (Å²) in [5.74, 6) is 0.367. The number of pyridine rings is 1. The number of benzene rings is 1. The summed E-state index contributed by atoms with van der Waals surface area (Å²) in [6, 6.07) is 9.76. The highest BCUT2D eigenvalue weighted by Crippen LogP contribution is 2.23. The molecule has 124 valence electrons. The van der Waals surface area contributed by atoms with Crippen LogP contribution in [0.2, 0.25) is 0 Å². The summed E-state index contributed by atoms with van der Waals surface area (Å²) >= 11 is 0. The number of H-pyrrole nitrogens is 1. The number of anilines is 1. The zero-order valence-electron chi connectivity index (χ0n) is 13.6. The van der Waals surface area contributed by atoms with Gasteiger partial charge in [-0.05, 0) is 49.5 Å². The van der Waals surface area contributed by atoms with Gasteiger partial charge in [-0.1, -0.05) is 6.07 Å². The van der Waals surface area contributed by atoms with Crippen LogP contribution in [0, 0.1) is 0 Å². The minimum Gasteiger partial charge on any atom is -0.448 e. The van der Waals surface area contributed by atoms with Crippen molar-refractivity contribution in [3.63, 3.8) is 0 Å². The van der Waals surface area contributed by atoms with E-state index in [0.717, 1.165) is 22.2 Å². The molecular weight excluding hydrogens is 306 g/mol. The number of hydrogen-bond acceptors (Lipinski definition) is 5. The van der Waals surface area contributed by atoms with Crippen molar-refractivity contribution in [1.29, 1.82) is 0 Å². The summed E-state index contributed by atoms with van der Waals surface area (Å²) < 4.78 is 5.09. The van der Waals surface area contributed by atoms with E-state index in [2.05, 4.69) is 20.3 Å². The zero-order chi connectivity index (χ0) is 16.9. The molecule has 0 fully saturated rings. The van der Waals surface area contributed by atoms with E-state index in [-0.39, 0.29) is 0 Å². The number of amides is 1. The van der Waals surface area contributed by atoms with Gasteiger partial charge in [0.15, 0.2) is 0 Å². The zero-order valence-corrected chi connectivity index (χ0v) is 13.6. The van der Waals surface area contributed by atoms with Crippen LogP contribution < -0.4 is 5.32 Å². The molecule has 2 aromatic heterocycles. The highest BCUT2D eigenvalue weighted by Gasteiger charge is 2.09. The molecule has 0 saturated carbocycles. The summed E-state index contributed by atoms with van der Waals surface area (Å²) in [6.07, 6.45) is 2.98. The van der Waals surface area contributed by atoms with Gasteiger partial charge >= 0.3 is 6.09 Å². The average molecular weight is 325 g/mol. The molecule has 7 heteroatoms. The standard InChI is InChI=1S/C17H19N5O2/c1-22(2)9-10-24-17(23)21-16-19-14-4-3-13(11-15(14)20-16)12-5-7-18-8-6-12/h3-8,11H,9-10H2,1-2H3,(H2,19,20,21,23). The molecule has 0 aliphatic rings. The Balaban J connectivity index is 1.71. The monoisotopic (exact) mass is 325 g/mol. The molecule has 1 aromatic carbocycles. The minimum absolute atomic E-state index is 0.325. The lowest BCUT2D eigenvalue weighted by Gasteiger charge is -2.09. The van der Waals surface area contributed by atoms with Gasteiger partial charge in [-0.3, -0.25) is 10.3 Å². The molecule has 2 heterocycles. The maximum atomic E-state index is 11.7. The third kappa shape index (κ3) is 3.88. The van der Waals surface area contributed by atoms with Crippen molar-refractivity contribution in [2.45, 2.75) is 0 Å². The second-order valence-electron chi connectivity index (χ2n) is 5.62. The predicted octanol–water partition coefficient (Wildman–Crippen LogP) is 2.74. The van der Waals surface area contributed by atoms with Crippen LogP contribution in [0.4, 0.5) is 10.7 Å². The number of nitrogens with zero attached hydrogens (tertiary/aromatic N) is 3. The van der Waals surface area contributed by atoms with E-state index in [4.69, 9.17) is 4.74 Å². The number of ether oxygens (including phenoxy) is 1. The summed E-state index contributed by atoms with van der Waals surface area (Å²) in [4.78, 5) is 25.1. The Labute approximate surface area is 139 Å². The number of aromatic nitrogens is 3. The van der Waals surface area contributed by atoms with Crippen LogP contribution in [0.1, 0.15) is 0 Å². The topological polar surface area (TPSA) is 83.1 Å². The van der Waals surface area contributed by atoms with Crippen LogP contribution in [0.15, 0.2) is 42.7 Å². The van der Waals surface area contributed by atoms with Crippen molar-refractivity contribution in [2.24, 2.45) is 0 Å². The summed E-state index contributed by atoms with van der Waals surface area (Å²) in [7, 11) is 3.84. The first kappa shape index (κ1) is 15.9. The number of hydrogen-bond donors (Lipinski definition) is 2. The third-order valence-electron chi connectivity index (χ3n) is 3.49. The van der Waals surface area contributed by atoms with Crippen LogP contribution in [0.25, 0.3) is 22.2 Å². The normalized spacial score (nSPS) is 11.0. The van der Waals surface area contributed by atoms with Crippen LogP contribution >= 0.6 is 0 Å². The Morgan fingerprint density at radius 2 is 2.00 bits per heavy atom. The fourth-order valence-corrected chi connectivity index (χ4v) is 2.25. The number of carbonyl (C=O) groups excluding carboxylic acids is 1. The van der Waals surface area contributed by atoms with Gasteiger partial charge in [0.05, 0.1) is 11.0 Å². The van der Waals surface area contributed by atoms with Crippen molar-refractivity contribution in [2.75, 3.05) is 32.6 Å². The fraction of sp³-hybridized carbons (Fsp3) is 0.235. The Hall–Kier alpha value is -2.93. The van der Waals surface area contributed by atoms with Gasteiger partial charge < -0.3 is 14.6 Å². The van der Waals surface area contributed by atoms with Crippen LogP contribution in [0.5, 0.6) is 0 Å². The molecule has 0 radical (unpaired) electrons. The number of fused-ring (bicyclic) bond motifs is 1. The van der Waals surface area contributed by atoms with Crippen LogP contribution in [-0.2, 0) is 4.74 Å². The summed E-state index contributed by atoms with van der Waals surface area (Å²) in [6.45, 7) is 0.994. The molecule has 1 amide bonds. The molecule has 0 bridgehead atoms. The van der Waals surface area contributed by atoms with Gasteiger partial charge in [0.1, 0.15) is 6.61 Å². The number of imidazole rings is 1. The number of nitrogens with one attached hydrogen (secondary N) is 2. The van der Waals surface area contributed by atoms with Crippen LogP contribution in [0.3, 0.4) is 0 Å². The molecule has 0 atom stereocenters. The molecule has 0 saturated heterocycles. The first-order valence-corrected chi connectivity index (χ1v) is 7.60. The van der Waals surface area contributed by atoms with E-state index in [1.165, 1.54) is 0 Å². The molecule has 0 aliphatic heterocycles. The van der Waals surface area contributed by atoms with Gasteiger partial charge in [0.25, 0.3) is 0 Å². The number of rotatable bonds is 5. The Morgan fingerprint density at radius 3 is 2.75 bits per heavy atom. The maximum absolute atomic E-state index is 11.7. The van der Waals surface area contributed by atoms with Crippen molar-refractivity contribution in [3.05, 3.63) is 42.7 Å². The van der Waals surface area contributed by atoms with Crippen molar-refractivity contribution >= 4 is 23.1 Å². The smallest absolute Gasteiger partial charge is 0.414 e. The van der Waals surface area contributed by atoms with E-state index in [0.29, 0.717) is 19.1 Å². The number of carbonyl (C=O) groups is 1. The molecule has 0 aliphatic carbocycles. The highest BCUT2D eigenvalue weighted by atomic mass is 16.5. The predicted molar refractivity (Wildman–Crippen MR) is 92.8 cm³/mol. The molecule has 3 aromatic rings. The molecule has 7 nitrogen and oxygen atoms in total. The second-order valence-corrected chi connectivity index (χ2v) is 5.62. The van der Waals surface area contributed by atoms with E-state index in [1.807, 2.05) is 49.3 Å². The lowest BCUT2D eigenvalue weighted by atomic mass is 10.1. The SMILES string of the molecule is CN(C)CCOC(=O)Nc1nc2ccc(-c3ccncc3)cc2[nH]1. The summed E-state index contributed by atoms with van der Waals surface area (Å²) in [5.41, 5.74) is 3.73. The molecule has 2 N–H and O–H groups in total. The largest absolute Gasteiger partial charge is 0.448 e. The summed E-state index contributed by atoms with van der Waals surface area (Å²) in [5, 5.41) is 2.61. The molecule has 0 unspecified atom stereocenters. The Bertz CT molecular complexity index is 829. The van der Waals surface area contributed by atoms with Crippen LogP contribution in [-0.4, -0.2) is 53.2 Å². The van der Waals surface area contributed by atoms with Gasteiger partial charge in [-0.2, -0.15) is 0 Å². The molecule has 0 spiro atoms. The quantitative estimate of drug-likeness (QED) is 0.753. The third-order valence-corrected chi connectivity index (χ3v) is 3.49. The minimum atomic E-state index is -0.523. The first-order valence-electron chi connectivity index (χ1n) is 7.60. The lowest BCUT2D eigenvalue weighted by Crippen LogP contribution is -2.22. The van der Waals surface area contributed by atoms with Gasteiger partial charge in [-0.25, -0.2) is 9.78 Å². The highest BCUT2D eigenvalue weighted by molar-refractivity contribution is 5.88. The first-order chi connectivity index (χ1) is 11.6. The van der Waals surface area contributed by atoms with Gasteiger partial charge in [0.2, 0.25) is 5.95 Å². The van der Waals surface area contributed by atoms with Crippen molar-refractivity contribution in [3.8, 4) is 11.1 Å². The van der Waals surface area contributed by atoms with E-state index in [9.17, 15) is 4.79 Å². The Kier molecular flexibility index (Phi) is 4.72. The van der Waals surface area contributed by atoms with Gasteiger partial charge in [-0.15, -0.1) is 0 Å². The van der Waals surface area contributed by atoms with E-state index < -0.39 is 6.09 Å². The van der Waals surface area contributed by atoms with Crippen molar-refractivity contribution < 1.29 is 9.53 Å². The van der Waals surface area contributed by atoms with E-state index in [1.54, 1.807) is 12.4 Å². The number of likely N-dealkylation sites (N-methyl/N-ethyl adjacent to an activating group) is 1. The lowest BCUT2D eigenvalue weighted by molar-refractivity contribution is 0.151. The van der Waals surface area contributed by atoms with Gasteiger partial charge in [0, 0.05) is 18.9 Å². The second kappa shape index (κ2) is 7.10. The van der Waals surface area contributed by atoms with Crippen molar-refractivity contribution in [1.82, 2.24) is 19.9 Å². The molecule has 24 heavy (non-hydrogen) atoms. The van der Waals surface area contributed by atoms with E-state index >= 15 is 0 Å².